The van der Waals surface area contributed by atoms with Crippen LogP contribution in [0.5, 0.6) is 0 Å². The smallest absolute Gasteiger partial charge is 0.237 e. The van der Waals surface area contributed by atoms with Crippen LogP contribution in [0, 0.1) is 5.92 Å². The molecule has 0 aromatic carbocycles. The average Bonchev–Trinajstić information content (AvgIpc) is 2.71. The van der Waals surface area contributed by atoms with Crippen molar-refractivity contribution < 1.29 is 29.6 Å². The van der Waals surface area contributed by atoms with E-state index in [0.29, 0.717) is 19.6 Å². The van der Waals surface area contributed by atoms with Gasteiger partial charge in [0.2, 0.25) is 5.91 Å². The van der Waals surface area contributed by atoms with Gasteiger partial charge >= 0.3 is 0 Å². The number of hydrogen-bond donors (Lipinski definition) is 5. The summed E-state index contributed by atoms with van der Waals surface area (Å²) in [5, 5.41) is 37.1. The lowest BCUT2D eigenvalue weighted by atomic mass is 9.88. The fourth-order valence-electron chi connectivity index (χ4n) is 3.89. The minimum Gasteiger partial charge on any atom is -0.388 e. The molecular weight excluding hydrogens is 396 g/mol. The molecule has 2 aliphatic rings. The molecule has 0 unspecified atom stereocenters. The number of hydrogen-bond acceptors (Lipinski definition) is 8. The van der Waals surface area contributed by atoms with Gasteiger partial charge in [-0.3, -0.25) is 4.79 Å². The molecule has 0 aromatic rings. The molecule has 1 amide bonds. The van der Waals surface area contributed by atoms with E-state index in [1.54, 1.807) is 6.26 Å². The van der Waals surface area contributed by atoms with Crippen molar-refractivity contribution in [3.8, 4) is 0 Å². The molecular formula is C20H38N2O6S. The van der Waals surface area contributed by atoms with Gasteiger partial charge in [-0.05, 0) is 38.0 Å². The first-order valence-corrected chi connectivity index (χ1v) is 12.0. The summed E-state index contributed by atoms with van der Waals surface area (Å²) in [6.45, 7) is 7.40. The molecule has 2 saturated heterocycles. The summed E-state index contributed by atoms with van der Waals surface area (Å²) in [5.41, 5.74) is -0.666. The van der Waals surface area contributed by atoms with E-state index in [1.165, 1.54) is 11.8 Å². The Bertz CT molecular complexity index is 509. The molecule has 2 fully saturated rings. The lowest BCUT2D eigenvalue weighted by Gasteiger charge is -2.44. The van der Waals surface area contributed by atoms with Crippen LogP contribution < -0.4 is 10.6 Å². The van der Waals surface area contributed by atoms with Crippen LogP contribution in [0.25, 0.3) is 0 Å². The zero-order chi connectivity index (χ0) is 21.6. The van der Waals surface area contributed by atoms with Crippen LogP contribution in [0.3, 0.4) is 0 Å². The first kappa shape index (κ1) is 24.8. The summed E-state index contributed by atoms with van der Waals surface area (Å²) in [7, 11) is 0. The van der Waals surface area contributed by atoms with Gasteiger partial charge in [-0.15, -0.1) is 11.8 Å². The molecule has 170 valence electrons. The first-order chi connectivity index (χ1) is 13.8. The van der Waals surface area contributed by atoms with Crippen LogP contribution in [-0.4, -0.2) is 88.7 Å². The predicted octanol–water partition coefficient (Wildman–Crippen LogP) is 0.235. The second kappa shape index (κ2) is 11.8. The average molecular weight is 435 g/mol. The standard InChI is InChI=1S/C20H38N2O6S/c1-5-6-9-27-12-7-8-21-13(10-12)19(26)22-14(11(2)3)18-16(24)15(23)17(25)20(28-18)29-4/h11-18,20-21,23-25H,5-10H2,1-4H3,(H,22,26)/t12-,13+,14-,15+,16-,17-,18-,20-/m1/s1. The largest absolute Gasteiger partial charge is 0.388 e. The topological polar surface area (TPSA) is 120 Å². The summed E-state index contributed by atoms with van der Waals surface area (Å²) in [4.78, 5) is 13.0. The Morgan fingerprint density at radius 3 is 2.62 bits per heavy atom. The fourth-order valence-corrected chi connectivity index (χ4v) is 4.57. The number of carbonyl (C=O) groups is 1. The van der Waals surface area contributed by atoms with Gasteiger partial charge in [0, 0.05) is 6.61 Å². The normalized spacial score (nSPS) is 36.8. The molecule has 0 saturated carbocycles. The number of carbonyl (C=O) groups excluding carboxylic acids is 1. The molecule has 2 aliphatic heterocycles. The van der Waals surface area contributed by atoms with Gasteiger partial charge in [-0.2, -0.15) is 0 Å². The summed E-state index contributed by atoms with van der Waals surface area (Å²) < 4.78 is 11.8. The molecule has 0 radical (unpaired) electrons. The number of thioether (sulfide) groups is 1. The Labute approximate surface area is 178 Å². The van der Waals surface area contributed by atoms with Crippen molar-refractivity contribution in [3.05, 3.63) is 0 Å². The number of ether oxygens (including phenoxy) is 2. The van der Waals surface area contributed by atoms with E-state index in [0.717, 1.165) is 19.3 Å². The van der Waals surface area contributed by atoms with Crippen molar-refractivity contribution in [1.29, 1.82) is 0 Å². The summed E-state index contributed by atoms with van der Waals surface area (Å²) >= 11 is 1.26. The molecule has 9 heteroatoms. The number of aliphatic hydroxyl groups is 3. The van der Waals surface area contributed by atoms with Gasteiger partial charge in [-0.25, -0.2) is 0 Å². The first-order valence-electron chi connectivity index (χ1n) is 10.7. The maximum atomic E-state index is 13.0. The predicted molar refractivity (Wildman–Crippen MR) is 113 cm³/mol. The molecule has 0 spiro atoms. The monoisotopic (exact) mass is 434 g/mol. The molecule has 2 heterocycles. The Morgan fingerprint density at radius 2 is 2.00 bits per heavy atom. The van der Waals surface area contributed by atoms with Crippen molar-refractivity contribution in [1.82, 2.24) is 10.6 Å². The van der Waals surface area contributed by atoms with Gasteiger partial charge in [0.25, 0.3) is 0 Å². The van der Waals surface area contributed by atoms with Crippen LogP contribution in [0.15, 0.2) is 0 Å². The van der Waals surface area contributed by atoms with E-state index < -0.39 is 35.9 Å². The van der Waals surface area contributed by atoms with Crippen LogP contribution in [0.2, 0.25) is 0 Å². The van der Waals surface area contributed by atoms with Crippen molar-refractivity contribution in [2.45, 2.75) is 94.5 Å². The Hall–Kier alpha value is -0.420. The molecule has 0 aromatic heterocycles. The third-order valence-electron chi connectivity index (χ3n) is 5.74. The van der Waals surface area contributed by atoms with E-state index in [4.69, 9.17) is 9.47 Å². The number of rotatable bonds is 9. The van der Waals surface area contributed by atoms with Crippen LogP contribution >= 0.6 is 11.8 Å². The third-order valence-corrected chi connectivity index (χ3v) is 6.60. The van der Waals surface area contributed by atoms with E-state index in [1.807, 2.05) is 13.8 Å². The van der Waals surface area contributed by atoms with E-state index in [-0.39, 0.29) is 24.0 Å². The Kier molecular flexibility index (Phi) is 10.1. The van der Waals surface area contributed by atoms with Crippen LogP contribution in [-0.2, 0) is 14.3 Å². The third kappa shape index (κ3) is 6.53. The minimum atomic E-state index is -1.33. The van der Waals surface area contributed by atoms with Crippen molar-refractivity contribution in [2.24, 2.45) is 5.92 Å². The lowest BCUT2D eigenvalue weighted by molar-refractivity contribution is -0.208. The van der Waals surface area contributed by atoms with Gasteiger partial charge < -0.3 is 35.4 Å². The van der Waals surface area contributed by atoms with Crippen LogP contribution in [0.1, 0.15) is 46.5 Å². The highest BCUT2D eigenvalue weighted by Crippen LogP contribution is 2.30. The zero-order valence-corrected chi connectivity index (χ0v) is 18.7. The maximum absolute atomic E-state index is 13.0. The number of unbranched alkanes of at least 4 members (excludes halogenated alkanes) is 1. The van der Waals surface area contributed by atoms with E-state index >= 15 is 0 Å². The van der Waals surface area contributed by atoms with E-state index in [2.05, 4.69) is 17.6 Å². The fraction of sp³-hybridized carbons (Fsp3) is 0.950. The SMILES string of the molecule is CCCCO[C@@H]1CCN[C@H](C(=O)N[C@H](C(C)C)[C@H]2O[C@H](SC)[C@H](O)[C@@H](O)[C@H]2O)C1. The molecule has 29 heavy (non-hydrogen) atoms. The highest BCUT2D eigenvalue weighted by molar-refractivity contribution is 7.99. The molecule has 8 nitrogen and oxygen atoms in total. The molecule has 8 atom stereocenters. The molecule has 0 aliphatic carbocycles. The quantitative estimate of drug-likeness (QED) is 0.327. The molecule has 2 rings (SSSR count). The highest BCUT2D eigenvalue weighted by atomic mass is 32.2. The number of nitrogens with one attached hydrogen (secondary N) is 2. The lowest BCUT2D eigenvalue weighted by Crippen LogP contribution is -2.65. The number of piperidine rings is 1. The van der Waals surface area contributed by atoms with Crippen molar-refractivity contribution in [2.75, 3.05) is 19.4 Å². The van der Waals surface area contributed by atoms with Gasteiger partial charge in [0.1, 0.15) is 29.9 Å². The Balaban J connectivity index is 2.01. The van der Waals surface area contributed by atoms with Gasteiger partial charge in [0.05, 0.1) is 18.2 Å². The second-order valence-corrected chi connectivity index (χ2v) is 9.27. The molecule has 0 bridgehead atoms. The van der Waals surface area contributed by atoms with Gasteiger partial charge in [-0.1, -0.05) is 27.2 Å². The zero-order valence-electron chi connectivity index (χ0n) is 17.9. The van der Waals surface area contributed by atoms with Crippen molar-refractivity contribution >= 4 is 17.7 Å². The highest BCUT2D eigenvalue weighted by Gasteiger charge is 2.47. The second-order valence-electron chi connectivity index (χ2n) is 8.33. The number of amides is 1. The van der Waals surface area contributed by atoms with Crippen molar-refractivity contribution in [3.63, 3.8) is 0 Å². The molecule has 5 N–H and O–H groups in total. The van der Waals surface area contributed by atoms with Gasteiger partial charge in [0.15, 0.2) is 0 Å². The summed E-state index contributed by atoms with van der Waals surface area (Å²) in [6, 6.07) is -0.873. The van der Waals surface area contributed by atoms with E-state index in [9.17, 15) is 20.1 Å². The summed E-state index contributed by atoms with van der Waals surface area (Å²) in [6.07, 6.45) is 0.793. The minimum absolute atomic E-state index is 0.0382. The Morgan fingerprint density at radius 1 is 1.28 bits per heavy atom. The maximum Gasteiger partial charge on any atom is 0.237 e. The summed E-state index contributed by atoms with van der Waals surface area (Å²) in [5.74, 6) is -0.201. The van der Waals surface area contributed by atoms with Crippen LogP contribution in [0.4, 0.5) is 0 Å². The number of aliphatic hydroxyl groups excluding tert-OH is 3.